The van der Waals surface area contributed by atoms with Crippen LogP contribution in [0.1, 0.15) is 19.3 Å². The zero-order valence-electron chi connectivity index (χ0n) is 9.97. The number of hydrogen-bond acceptors (Lipinski definition) is 3. The summed E-state index contributed by atoms with van der Waals surface area (Å²) < 4.78 is 39.3. The van der Waals surface area contributed by atoms with Gasteiger partial charge in [0.2, 0.25) is 10.0 Å². The zero-order valence-corrected chi connectivity index (χ0v) is 10.8. The zero-order chi connectivity index (χ0) is 13.2. The van der Waals surface area contributed by atoms with Gasteiger partial charge >= 0.3 is 0 Å². The Morgan fingerprint density at radius 3 is 2.78 bits per heavy atom. The highest BCUT2D eigenvalue weighted by atomic mass is 32.2. The van der Waals surface area contributed by atoms with Gasteiger partial charge in [0.05, 0.1) is 4.90 Å². The van der Waals surface area contributed by atoms with E-state index in [-0.39, 0.29) is 16.9 Å². The summed E-state index contributed by atoms with van der Waals surface area (Å²) in [6.07, 6.45) is 2.91. The Balaban J connectivity index is 2.03. The molecule has 1 aliphatic rings. The Morgan fingerprint density at radius 2 is 2.17 bits per heavy atom. The van der Waals surface area contributed by atoms with Crippen molar-refractivity contribution >= 4 is 10.0 Å². The summed E-state index contributed by atoms with van der Waals surface area (Å²) in [5, 5.41) is 0. The predicted molar refractivity (Wildman–Crippen MR) is 66.9 cm³/mol. The van der Waals surface area contributed by atoms with Crippen molar-refractivity contribution in [2.75, 3.05) is 6.54 Å². The lowest BCUT2D eigenvalue weighted by atomic mass is 10.1. The topological polar surface area (TPSA) is 72.2 Å². The second-order valence-electron chi connectivity index (χ2n) is 4.66. The number of halogens is 1. The summed E-state index contributed by atoms with van der Waals surface area (Å²) in [7, 11) is -3.64. The molecule has 18 heavy (non-hydrogen) atoms. The van der Waals surface area contributed by atoms with Gasteiger partial charge in [-0.2, -0.15) is 0 Å². The van der Waals surface area contributed by atoms with E-state index in [1.54, 1.807) is 0 Å². The highest BCUT2D eigenvalue weighted by Crippen LogP contribution is 2.23. The molecule has 1 aliphatic carbocycles. The van der Waals surface area contributed by atoms with E-state index >= 15 is 0 Å². The monoisotopic (exact) mass is 272 g/mol. The molecule has 1 saturated carbocycles. The van der Waals surface area contributed by atoms with Crippen LogP contribution in [0, 0.1) is 11.7 Å². The molecule has 100 valence electrons. The molecule has 1 aromatic rings. The van der Waals surface area contributed by atoms with Crippen LogP contribution >= 0.6 is 0 Å². The van der Waals surface area contributed by atoms with E-state index in [0.29, 0.717) is 6.54 Å². The van der Waals surface area contributed by atoms with Gasteiger partial charge in [-0.3, -0.25) is 0 Å². The molecular formula is C12H17FN2O2S. The molecule has 0 aromatic heterocycles. The number of benzene rings is 1. The minimum atomic E-state index is -3.64. The third-order valence-corrected chi connectivity index (χ3v) is 4.78. The van der Waals surface area contributed by atoms with Crippen molar-refractivity contribution in [1.29, 1.82) is 0 Å². The van der Waals surface area contributed by atoms with Gasteiger partial charge in [-0.15, -0.1) is 0 Å². The number of sulfonamides is 1. The van der Waals surface area contributed by atoms with E-state index in [1.807, 2.05) is 0 Å². The number of nitrogens with two attached hydrogens (primary N) is 1. The molecule has 2 atom stereocenters. The van der Waals surface area contributed by atoms with Gasteiger partial charge in [-0.05, 0) is 37.0 Å². The van der Waals surface area contributed by atoms with Crippen molar-refractivity contribution in [2.24, 2.45) is 11.7 Å². The van der Waals surface area contributed by atoms with Gasteiger partial charge in [-0.25, -0.2) is 17.5 Å². The standard InChI is InChI=1S/C12H17FN2O2S/c13-10-4-2-5-11(7-10)18(16,17)15-8-9-3-1-6-12(9)14/h2,4-5,7,9,12,15H,1,3,6,8,14H2. The van der Waals surface area contributed by atoms with E-state index in [2.05, 4.69) is 4.72 Å². The molecule has 0 radical (unpaired) electrons. The molecule has 0 bridgehead atoms. The van der Waals surface area contributed by atoms with E-state index in [9.17, 15) is 12.8 Å². The van der Waals surface area contributed by atoms with Crippen LogP contribution in [0.5, 0.6) is 0 Å². The summed E-state index contributed by atoms with van der Waals surface area (Å²) in [6, 6.07) is 5.04. The Hall–Kier alpha value is -0.980. The quantitative estimate of drug-likeness (QED) is 0.866. The van der Waals surface area contributed by atoms with Crippen molar-refractivity contribution in [3.63, 3.8) is 0 Å². The highest BCUT2D eigenvalue weighted by molar-refractivity contribution is 7.89. The molecular weight excluding hydrogens is 255 g/mol. The molecule has 0 aliphatic heterocycles. The maximum absolute atomic E-state index is 13.0. The molecule has 0 saturated heterocycles. The van der Waals surface area contributed by atoms with Gasteiger partial charge in [-0.1, -0.05) is 12.5 Å². The second-order valence-corrected chi connectivity index (χ2v) is 6.43. The normalized spacial score (nSPS) is 24.3. The Kier molecular flexibility index (Phi) is 3.99. The SMILES string of the molecule is NC1CCCC1CNS(=O)(=O)c1cccc(F)c1. The fourth-order valence-corrected chi connectivity index (χ4v) is 3.38. The lowest BCUT2D eigenvalue weighted by molar-refractivity contribution is 0.469. The van der Waals surface area contributed by atoms with Crippen LogP contribution in [0.3, 0.4) is 0 Å². The van der Waals surface area contributed by atoms with Crippen LogP contribution in [0.4, 0.5) is 4.39 Å². The first-order valence-electron chi connectivity index (χ1n) is 6.00. The van der Waals surface area contributed by atoms with E-state index in [4.69, 9.17) is 5.73 Å². The van der Waals surface area contributed by atoms with Crippen molar-refractivity contribution in [2.45, 2.75) is 30.2 Å². The molecule has 0 amide bonds. The third-order valence-electron chi connectivity index (χ3n) is 3.36. The Bertz CT molecular complexity index is 519. The Morgan fingerprint density at radius 1 is 1.39 bits per heavy atom. The summed E-state index contributed by atoms with van der Waals surface area (Å²) in [6.45, 7) is 0.319. The van der Waals surface area contributed by atoms with Crippen LogP contribution in [-0.4, -0.2) is 21.0 Å². The molecule has 6 heteroatoms. The number of nitrogens with one attached hydrogen (secondary N) is 1. The number of rotatable bonds is 4. The fraction of sp³-hybridized carbons (Fsp3) is 0.500. The minimum Gasteiger partial charge on any atom is -0.327 e. The molecule has 4 nitrogen and oxygen atoms in total. The highest BCUT2D eigenvalue weighted by Gasteiger charge is 2.25. The Labute approximate surface area is 106 Å². The summed E-state index contributed by atoms with van der Waals surface area (Å²) >= 11 is 0. The summed E-state index contributed by atoms with van der Waals surface area (Å²) in [5.74, 6) is -0.385. The molecule has 0 spiro atoms. The van der Waals surface area contributed by atoms with E-state index in [1.165, 1.54) is 18.2 Å². The summed E-state index contributed by atoms with van der Waals surface area (Å²) in [4.78, 5) is -0.0472. The number of hydrogen-bond donors (Lipinski definition) is 2. The van der Waals surface area contributed by atoms with Crippen LogP contribution in [0.15, 0.2) is 29.2 Å². The fourth-order valence-electron chi connectivity index (χ4n) is 2.25. The molecule has 3 N–H and O–H groups in total. The average Bonchev–Trinajstić information content (AvgIpc) is 2.72. The second kappa shape index (κ2) is 5.34. The van der Waals surface area contributed by atoms with Crippen LogP contribution in [0.25, 0.3) is 0 Å². The van der Waals surface area contributed by atoms with E-state index in [0.717, 1.165) is 25.3 Å². The van der Waals surface area contributed by atoms with Crippen molar-refractivity contribution < 1.29 is 12.8 Å². The van der Waals surface area contributed by atoms with Crippen molar-refractivity contribution in [3.8, 4) is 0 Å². The first-order chi connectivity index (χ1) is 8.49. The van der Waals surface area contributed by atoms with Gasteiger partial charge < -0.3 is 5.73 Å². The molecule has 1 aromatic carbocycles. The smallest absolute Gasteiger partial charge is 0.240 e. The average molecular weight is 272 g/mol. The predicted octanol–water partition coefficient (Wildman–Crippen LogP) is 1.23. The van der Waals surface area contributed by atoms with E-state index < -0.39 is 15.8 Å². The minimum absolute atomic E-state index is 0.0472. The maximum atomic E-state index is 13.0. The van der Waals surface area contributed by atoms with Gasteiger partial charge in [0.1, 0.15) is 5.82 Å². The van der Waals surface area contributed by atoms with Crippen LogP contribution in [-0.2, 0) is 10.0 Å². The van der Waals surface area contributed by atoms with Crippen molar-refractivity contribution in [1.82, 2.24) is 4.72 Å². The van der Waals surface area contributed by atoms with Crippen molar-refractivity contribution in [3.05, 3.63) is 30.1 Å². The summed E-state index contributed by atoms with van der Waals surface area (Å²) in [5.41, 5.74) is 5.88. The third kappa shape index (κ3) is 3.07. The first kappa shape index (κ1) is 13.5. The van der Waals surface area contributed by atoms with Gasteiger partial charge in [0.25, 0.3) is 0 Å². The lowest BCUT2D eigenvalue weighted by Gasteiger charge is -2.16. The van der Waals surface area contributed by atoms with Crippen LogP contribution in [0.2, 0.25) is 0 Å². The molecule has 2 unspecified atom stereocenters. The van der Waals surface area contributed by atoms with Gasteiger partial charge in [0.15, 0.2) is 0 Å². The maximum Gasteiger partial charge on any atom is 0.240 e. The van der Waals surface area contributed by atoms with Crippen LogP contribution < -0.4 is 10.5 Å². The van der Waals surface area contributed by atoms with Gasteiger partial charge in [0, 0.05) is 12.6 Å². The first-order valence-corrected chi connectivity index (χ1v) is 7.48. The molecule has 1 fully saturated rings. The molecule has 0 heterocycles. The molecule has 2 rings (SSSR count). The lowest BCUT2D eigenvalue weighted by Crippen LogP contribution is -2.36. The largest absolute Gasteiger partial charge is 0.327 e.